The lowest BCUT2D eigenvalue weighted by molar-refractivity contribution is 0.226. The molecule has 0 aliphatic carbocycles. The van der Waals surface area contributed by atoms with Gasteiger partial charge in [0.25, 0.3) is 0 Å². The lowest BCUT2D eigenvalue weighted by Gasteiger charge is -2.25. The number of hydrogen-bond donors (Lipinski definition) is 1. The summed E-state index contributed by atoms with van der Waals surface area (Å²) in [5.74, 6) is 0.888. The third-order valence-corrected chi connectivity index (χ3v) is 3.70. The average Bonchev–Trinajstić information content (AvgIpc) is 2.85. The van der Waals surface area contributed by atoms with Gasteiger partial charge in [-0.3, -0.25) is 0 Å². The standard InChI is InChI=1S/C14H25N3O/c1-12(15-2)10-13-11-18-14(16-13)6-9-17-7-4-3-5-8-17/h11-12,15H,3-10H2,1-2H3. The van der Waals surface area contributed by atoms with Crippen LogP contribution >= 0.6 is 0 Å². The monoisotopic (exact) mass is 251 g/mol. The van der Waals surface area contributed by atoms with Crippen LogP contribution in [0.15, 0.2) is 10.7 Å². The number of oxazole rings is 1. The molecule has 1 unspecified atom stereocenters. The largest absolute Gasteiger partial charge is 0.449 e. The summed E-state index contributed by atoms with van der Waals surface area (Å²) in [6.07, 6.45) is 7.76. The van der Waals surface area contributed by atoms with Gasteiger partial charge in [0.05, 0.1) is 5.69 Å². The molecule has 1 atom stereocenters. The molecule has 0 amide bonds. The Balaban J connectivity index is 1.75. The van der Waals surface area contributed by atoms with Gasteiger partial charge < -0.3 is 14.6 Å². The third-order valence-electron chi connectivity index (χ3n) is 3.70. The van der Waals surface area contributed by atoms with Gasteiger partial charge in [0.1, 0.15) is 6.26 Å². The normalized spacial score (nSPS) is 19.0. The van der Waals surface area contributed by atoms with Crippen molar-refractivity contribution in [1.82, 2.24) is 15.2 Å². The first kappa shape index (κ1) is 13.6. The molecule has 1 aromatic rings. The molecule has 2 heterocycles. The molecule has 2 rings (SSSR count). The van der Waals surface area contributed by atoms with Crippen LogP contribution < -0.4 is 5.32 Å². The molecule has 4 heteroatoms. The van der Waals surface area contributed by atoms with Crippen LogP contribution in [-0.2, 0) is 12.8 Å². The first-order valence-electron chi connectivity index (χ1n) is 7.11. The van der Waals surface area contributed by atoms with Gasteiger partial charge in [-0.25, -0.2) is 4.98 Å². The van der Waals surface area contributed by atoms with Crippen molar-refractivity contribution in [2.75, 3.05) is 26.7 Å². The Hall–Kier alpha value is -0.870. The Bertz CT molecular complexity index is 345. The molecule has 1 aliphatic heterocycles. The summed E-state index contributed by atoms with van der Waals surface area (Å²) in [4.78, 5) is 7.07. The highest BCUT2D eigenvalue weighted by Crippen LogP contribution is 2.10. The van der Waals surface area contributed by atoms with Gasteiger partial charge in [0.2, 0.25) is 0 Å². The SMILES string of the molecule is CNC(C)Cc1coc(CCN2CCCCC2)n1. The van der Waals surface area contributed by atoms with Crippen molar-refractivity contribution in [3.63, 3.8) is 0 Å². The van der Waals surface area contributed by atoms with Crippen molar-refractivity contribution in [2.45, 2.75) is 45.1 Å². The molecular weight excluding hydrogens is 226 g/mol. The second-order valence-corrected chi connectivity index (χ2v) is 5.28. The second kappa shape index (κ2) is 6.90. The van der Waals surface area contributed by atoms with E-state index in [2.05, 4.69) is 22.1 Å². The fraction of sp³-hybridized carbons (Fsp3) is 0.786. The minimum atomic E-state index is 0.449. The van der Waals surface area contributed by atoms with Crippen molar-refractivity contribution in [1.29, 1.82) is 0 Å². The summed E-state index contributed by atoms with van der Waals surface area (Å²) in [5, 5.41) is 3.22. The molecule has 0 spiro atoms. The maximum Gasteiger partial charge on any atom is 0.195 e. The van der Waals surface area contributed by atoms with Gasteiger partial charge in [-0.05, 0) is 39.9 Å². The van der Waals surface area contributed by atoms with Gasteiger partial charge in [-0.15, -0.1) is 0 Å². The average molecular weight is 251 g/mol. The third kappa shape index (κ3) is 4.10. The number of likely N-dealkylation sites (N-methyl/N-ethyl adjacent to an activating group) is 1. The van der Waals surface area contributed by atoms with E-state index < -0.39 is 0 Å². The predicted octanol–water partition coefficient (Wildman–Crippen LogP) is 1.85. The molecule has 4 nitrogen and oxygen atoms in total. The molecule has 0 aromatic carbocycles. The van der Waals surface area contributed by atoms with E-state index >= 15 is 0 Å². The number of rotatable bonds is 6. The summed E-state index contributed by atoms with van der Waals surface area (Å²) in [6, 6.07) is 0.449. The zero-order valence-electron chi connectivity index (χ0n) is 11.6. The smallest absolute Gasteiger partial charge is 0.195 e. The molecular formula is C14H25N3O. The minimum Gasteiger partial charge on any atom is -0.449 e. The molecule has 0 saturated carbocycles. The van der Waals surface area contributed by atoms with E-state index in [0.717, 1.165) is 31.0 Å². The summed E-state index contributed by atoms with van der Waals surface area (Å²) in [6.45, 7) is 5.72. The molecule has 1 fully saturated rings. The van der Waals surface area contributed by atoms with E-state index in [0.29, 0.717) is 6.04 Å². The van der Waals surface area contributed by atoms with E-state index in [1.807, 2.05) is 7.05 Å². The zero-order chi connectivity index (χ0) is 12.8. The Morgan fingerprint density at radius 1 is 1.39 bits per heavy atom. The number of nitrogens with zero attached hydrogens (tertiary/aromatic N) is 2. The van der Waals surface area contributed by atoms with Crippen LogP contribution in [0.2, 0.25) is 0 Å². The van der Waals surface area contributed by atoms with E-state index in [1.54, 1.807) is 6.26 Å². The maximum atomic E-state index is 5.54. The first-order valence-corrected chi connectivity index (χ1v) is 7.11. The number of likely N-dealkylation sites (tertiary alicyclic amines) is 1. The fourth-order valence-corrected chi connectivity index (χ4v) is 2.41. The van der Waals surface area contributed by atoms with Crippen molar-refractivity contribution < 1.29 is 4.42 Å². The number of aromatic nitrogens is 1. The van der Waals surface area contributed by atoms with E-state index in [4.69, 9.17) is 4.42 Å². The van der Waals surface area contributed by atoms with Gasteiger partial charge in [0, 0.05) is 25.4 Å². The quantitative estimate of drug-likeness (QED) is 0.838. The Morgan fingerprint density at radius 3 is 2.89 bits per heavy atom. The fourth-order valence-electron chi connectivity index (χ4n) is 2.41. The van der Waals surface area contributed by atoms with E-state index in [9.17, 15) is 0 Å². The molecule has 0 radical (unpaired) electrons. The molecule has 1 aromatic heterocycles. The van der Waals surface area contributed by atoms with Crippen LogP contribution in [0.5, 0.6) is 0 Å². The van der Waals surface area contributed by atoms with Crippen molar-refractivity contribution >= 4 is 0 Å². The van der Waals surface area contributed by atoms with Crippen LogP contribution in [0.4, 0.5) is 0 Å². The van der Waals surface area contributed by atoms with Crippen molar-refractivity contribution in [3.8, 4) is 0 Å². The summed E-state index contributed by atoms with van der Waals surface area (Å²) >= 11 is 0. The van der Waals surface area contributed by atoms with Gasteiger partial charge in [0.15, 0.2) is 5.89 Å². The maximum absolute atomic E-state index is 5.54. The number of hydrogen-bond acceptors (Lipinski definition) is 4. The topological polar surface area (TPSA) is 41.3 Å². The van der Waals surface area contributed by atoms with Gasteiger partial charge >= 0.3 is 0 Å². The Labute approximate surface area is 110 Å². The first-order chi connectivity index (χ1) is 8.78. The molecule has 1 N–H and O–H groups in total. The van der Waals surface area contributed by atoms with E-state index in [-0.39, 0.29) is 0 Å². The van der Waals surface area contributed by atoms with Gasteiger partial charge in [-0.1, -0.05) is 6.42 Å². The lowest BCUT2D eigenvalue weighted by atomic mass is 10.1. The van der Waals surface area contributed by atoms with Crippen LogP contribution in [0.1, 0.15) is 37.8 Å². The highest BCUT2D eigenvalue weighted by molar-refractivity contribution is 4.99. The second-order valence-electron chi connectivity index (χ2n) is 5.28. The molecule has 18 heavy (non-hydrogen) atoms. The lowest BCUT2D eigenvalue weighted by Crippen LogP contribution is -2.31. The van der Waals surface area contributed by atoms with Crippen LogP contribution in [0, 0.1) is 0 Å². The molecule has 1 saturated heterocycles. The number of piperidine rings is 1. The van der Waals surface area contributed by atoms with Crippen LogP contribution in [-0.4, -0.2) is 42.6 Å². The Morgan fingerprint density at radius 2 is 2.17 bits per heavy atom. The van der Waals surface area contributed by atoms with Crippen molar-refractivity contribution in [3.05, 3.63) is 17.8 Å². The summed E-state index contributed by atoms with van der Waals surface area (Å²) in [5.41, 5.74) is 1.06. The molecule has 102 valence electrons. The summed E-state index contributed by atoms with van der Waals surface area (Å²) in [7, 11) is 1.97. The number of nitrogens with one attached hydrogen (secondary N) is 1. The summed E-state index contributed by atoms with van der Waals surface area (Å²) < 4.78 is 5.54. The molecule has 1 aliphatic rings. The van der Waals surface area contributed by atoms with Crippen LogP contribution in [0.3, 0.4) is 0 Å². The van der Waals surface area contributed by atoms with E-state index in [1.165, 1.54) is 32.4 Å². The van der Waals surface area contributed by atoms with Crippen LogP contribution in [0.25, 0.3) is 0 Å². The predicted molar refractivity (Wildman–Crippen MR) is 72.7 cm³/mol. The van der Waals surface area contributed by atoms with Crippen molar-refractivity contribution in [2.24, 2.45) is 0 Å². The molecule has 0 bridgehead atoms. The highest BCUT2D eigenvalue weighted by atomic mass is 16.3. The highest BCUT2D eigenvalue weighted by Gasteiger charge is 2.12. The Kier molecular flexibility index (Phi) is 5.20. The zero-order valence-corrected chi connectivity index (χ0v) is 11.6. The minimum absolute atomic E-state index is 0.449. The van der Waals surface area contributed by atoms with Gasteiger partial charge in [-0.2, -0.15) is 0 Å².